The molecule has 0 aromatic heterocycles. The van der Waals surface area contributed by atoms with Crippen LogP contribution in [-0.2, 0) is 11.3 Å². The zero-order chi connectivity index (χ0) is 16.6. The van der Waals surface area contributed by atoms with Crippen molar-refractivity contribution in [2.24, 2.45) is 4.99 Å². The summed E-state index contributed by atoms with van der Waals surface area (Å²) in [6, 6.07) is 10.9. The molecule has 138 valence electrons. The summed E-state index contributed by atoms with van der Waals surface area (Å²) in [6.07, 6.45) is 5.74. The normalized spacial score (nSPS) is 20.8. The molecule has 1 fully saturated rings. The van der Waals surface area contributed by atoms with Gasteiger partial charge in [0.2, 0.25) is 0 Å². The SMILES string of the molecule is CN=C(NCCOCc1ccccc1)N1CCC(N2CC=CC2)C1.I. The first kappa shape index (κ1) is 20.2. The van der Waals surface area contributed by atoms with Gasteiger partial charge in [-0.25, -0.2) is 0 Å². The molecule has 6 heteroatoms. The third kappa shape index (κ3) is 5.97. The Morgan fingerprint density at radius 1 is 1.24 bits per heavy atom. The van der Waals surface area contributed by atoms with Crippen molar-refractivity contribution in [2.45, 2.75) is 19.1 Å². The van der Waals surface area contributed by atoms with Gasteiger partial charge in [-0.1, -0.05) is 42.5 Å². The molecule has 0 bridgehead atoms. The molecule has 2 aliphatic rings. The molecule has 2 aliphatic heterocycles. The summed E-state index contributed by atoms with van der Waals surface area (Å²) >= 11 is 0. The predicted molar refractivity (Wildman–Crippen MR) is 114 cm³/mol. The van der Waals surface area contributed by atoms with Gasteiger partial charge in [-0.15, -0.1) is 24.0 Å². The Morgan fingerprint density at radius 3 is 2.72 bits per heavy atom. The molecular weight excluding hydrogens is 427 g/mol. The number of nitrogens with one attached hydrogen (secondary N) is 1. The van der Waals surface area contributed by atoms with Gasteiger partial charge in [0.1, 0.15) is 0 Å². The van der Waals surface area contributed by atoms with E-state index < -0.39 is 0 Å². The number of benzene rings is 1. The average molecular weight is 456 g/mol. The van der Waals surface area contributed by atoms with Crippen LogP contribution in [0.25, 0.3) is 0 Å². The summed E-state index contributed by atoms with van der Waals surface area (Å²) in [4.78, 5) is 9.33. The fourth-order valence-electron chi connectivity index (χ4n) is 3.36. The Hall–Kier alpha value is -1.12. The number of aliphatic imine (C=N–C) groups is 1. The van der Waals surface area contributed by atoms with Crippen molar-refractivity contribution < 1.29 is 4.74 Å². The number of likely N-dealkylation sites (tertiary alicyclic amines) is 1. The molecule has 1 unspecified atom stereocenters. The van der Waals surface area contributed by atoms with Crippen LogP contribution in [-0.4, -0.2) is 68.2 Å². The second-order valence-corrected chi connectivity index (χ2v) is 6.33. The number of guanidine groups is 1. The monoisotopic (exact) mass is 456 g/mol. The summed E-state index contributed by atoms with van der Waals surface area (Å²) in [5, 5.41) is 3.43. The quantitative estimate of drug-likeness (QED) is 0.235. The number of ether oxygens (including phenoxy) is 1. The summed E-state index contributed by atoms with van der Waals surface area (Å²) in [5.41, 5.74) is 1.21. The highest BCUT2D eigenvalue weighted by Gasteiger charge is 2.29. The smallest absolute Gasteiger partial charge is 0.193 e. The van der Waals surface area contributed by atoms with Crippen molar-refractivity contribution in [2.75, 3.05) is 46.4 Å². The van der Waals surface area contributed by atoms with Gasteiger partial charge in [0.05, 0.1) is 13.2 Å². The van der Waals surface area contributed by atoms with E-state index in [4.69, 9.17) is 4.74 Å². The fourth-order valence-corrected chi connectivity index (χ4v) is 3.36. The summed E-state index contributed by atoms with van der Waals surface area (Å²) in [5.74, 6) is 0.993. The van der Waals surface area contributed by atoms with E-state index >= 15 is 0 Å². The molecule has 0 spiro atoms. The number of halogens is 1. The van der Waals surface area contributed by atoms with E-state index in [-0.39, 0.29) is 24.0 Å². The van der Waals surface area contributed by atoms with Crippen LogP contribution in [0.3, 0.4) is 0 Å². The van der Waals surface area contributed by atoms with Crippen molar-refractivity contribution in [3.8, 4) is 0 Å². The molecule has 0 radical (unpaired) electrons. The van der Waals surface area contributed by atoms with Crippen LogP contribution < -0.4 is 5.32 Å². The molecule has 1 aromatic rings. The second-order valence-electron chi connectivity index (χ2n) is 6.33. The van der Waals surface area contributed by atoms with E-state index in [0.29, 0.717) is 19.3 Å². The lowest BCUT2D eigenvalue weighted by atomic mass is 10.2. The van der Waals surface area contributed by atoms with Gasteiger partial charge in [0, 0.05) is 45.8 Å². The zero-order valence-electron chi connectivity index (χ0n) is 14.9. The topological polar surface area (TPSA) is 40.1 Å². The minimum atomic E-state index is 0. The van der Waals surface area contributed by atoms with Gasteiger partial charge in [0.15, 0.2) is 5.96 Å². The van der Waals surface area contributed by atoms with Crippen LogP contribution in [0.4, 0.5) is 0 Å². The first-order valence-corrected chi connectivity index (χ1v) is 8.83. The van der Waals surface area contributed by atoms with Crippen molar-refractivity contribution in [1.82, 2.24) is 15.1 Å². The van der Waals surface area contributed by atoms with Crippen LogP contribution in [0.5, 0.6) is 0 Å². The lowest BCUT2D eigenvalue weighted by molar-refractivity contribution is 0.125. The molecule has 1 aromatic carbocycles. The third-order valence-corrected chi connectivity index (χ3v) is 4.68. The van der Waals surface area contributed by atoms with Crippen LogP contribution in [0.1, 0.15) is 12.0 Å². The summed E-state index contributed by atoms with van der Waals surface area (Å²) < 4.78 is 5.73. The third-order valence-electron chi connectivity index (χ3n) is 4.68. The van der Waals surface area contributed by atoms with E-state index in [1.54, 1.807) is 0 Å². The standard InChI is InChI=1S/C19H28N4O.HI/c1-20-19(21-10-14-24-16-17-7-3-2-4-8-17)23-13-9-18(15-23)22-11-5-6-12-22;/h2-8,18H,9-16H2,1H3,(H,20,21);1H. The zero-order valence-corrected chi connectivity index (χ0v) is 17.3. The minimum Gasteiger partial charge on any atom is -0.375 e. The van der Waals surface area contributed by atoms with Gasteiger partial charge >= 0.3 is 0 Å². The Kier molecular flexibility index (Phi) is 8.71. The molecule has 1 atom stereocenters. The number of hydrogen-bond donors (Lipinski definition) is 1. The highest BCUT2D eigenvalue weighted by Crippen LogP contribution is 2.17. The molecule has 5 nitrogen and oxygen atoms in total. The van der Waals surface area contributed by atoms with Gasteiger partial charge in [0.25, 0.3) is 0 Å². The Bertz CT molecular complexity index is 556. The van der Waals surface area contributed by atoms with Gasteiger partial charge < -0.3 is 15.0 Å². The summed E-state index contributed by atoms with van der Waals surface area (Å²) in [7, 11) is 1.86. The maximum atomic E-state index is 5.73. The van der Waals surface area contributed by atoms with Crippen LogP contribution >= 0.6 is 24.0 Å². The number of rotatable bonds is 6. The second kappa shape index (κ2) is 10.8. The van der Waals surface area contributed by atoms with Crippen LogP contribution in [0.15, 0.2) is 47.5 Å². The molecule has 0 saturated carbocycles. The maximum absolute atomic E-state index is 5.73. The Morgan fingerprint density at radius 2 is 2.00 bits per heavy atom. The molecule has 2 heterocycles. The first-order valence-electron chi connectivity index (χ1n) is 8.83. The van der Waals surface area contributed by atoms with E-state index in [9.17, 15) is 0 Å². The van der Waals surface area contributed by atoms with Crippen molar-refractivity contribution in [3.05, 3.63) is 48.0 Å². The predicted octanol–water partition coefficient (Wildman–Crippen LogP) is 2.34. The van der Waals surface area contributed by atoms with Crippen LogP contribution in [0.2, 0.25) is 0 Å². The van der Waals surface area contributed by atoms with E-state index in [1.165, 1.54) is 12.0 Å². The highest BCUT2D eigenvalue weighted by molar-refractivity contribution is 14.0. The Labute approximate surface area is 168 Å². The molecular formula is C19H29IN4O. The summed E-state index contributed by atoms with van der Waals surface area (Å²) in [6.45, 7) is 6.45. The maximum Gasteiger partial charge on any atom is 0.193 e. The molecule has 25 heavy (non-hydrogen) atoms. The van der Waals surface area contributed by atoms with Crippen molar-refractivity contribution in [1.29, 1.82) is 0 Å². The molecule has 0 amide bonds. The molecule has 0 aliphatic carbocycles. The lowest BCUT2D eigenvalue weighted by Crippen LogP contribution is -2.43. The van der Waals surface area contributed by atoms with E-state index in [2.05, 4.69) is 44.4 Å². The fraction of sp³-hybridized carbons (Fsp3) is 0.526. The first-order chi connectivity index (χ1) is 11.9. The number of nitrogens with zero attached hydrogens (tertiary/aromatic N) is 3. The minimum absolute atomic E-state index is 0. The van der Waals surface area contributed by atoms with Crippen molar-refractivity contribution >= 4 is 29.9 Å². The van der Waals surface area contributed by atoms with Crippen molar-refractivity contribution in [3.63, 3.8) is 0 Å². The molecule has 1 N–H and O–H groups in total. The number of hydrogen-bond acceptors (Lipinski definition) is 3. The van der Waals surface area contributed by atoms with E-state index in [1.807, 2.05) is 25.2 Å². The highest BCUT2D eigenvalue weighted by atomic mass is 127. The van der Waals surface area contributed by atoms with E-state index in [0.717, 1.165) is 38.7 Å². The Balaban J connectivity index is 0.00000225. The molecule has 3 rings (SSSR count). The average Bonchev–Trinajstić information content (AvgIpc) is 3.30. The van der Waals surface area contributed by atoms with Gasteiger partial charge in [-0.3, -0.25) is 9.89 Å². The van der Waals surface area contributed by atoms with Gasteiger partial charge in [-0.05, 0) is 12.0 Å². The largest absolute Gasteiger partial charge is 0.375 e. The lowest BCUT2D eigenvalue weighted by Gasteiger charge is -2.25. The van der Waals surface area contributed by atoms with Gasteiger partial charge in [-0.2, -0.15) is 0 Å². The van der Waals surface area contributed by atoms with Crippen LogP contribution in [0, 0.1) is 0 Å². The molecule has 1 saturated heterocycles.